The van der Waals surface area contributed by atoms with Gasteiger partial charge in [0, 0.05) is 23.4 Å². The van der Waals surface area contributed by atoms with Crippen molar-refractivity contribution in [3.05, 3.63) is 95.3 Å². The number of hydrogen-bond donors (Lipinski definition) is 0. The van der Waals surface area contributed by atoms with Gasteiger partial charge in [0.05, 0.1) is 20.6 Å². The number of halogens is 1. The molecule has 4 aromatic carbocycles. The Bertz CT molecular complexity index is 1410. The molecule has 0 N–H and O–H groups in total. The summed E-state index contributed by atoms with van der Waals surface area (Å²) in [6, 6.07) is 20.6. The third kappa shape index (κ3) is 5.32. The van der Waals surface area contributed by atoms with Crippen LogP contribution in [-0.4, -0.2) is 25.8 Å². The number of carbonyl (C=O) groups excluding carboxylic acids is 2. The lowest BCUT2D eigenvalue weighted by Gasteiger charge is -2.13. The van der Waals surface area contributed by atoms with Crippen molar-refractivity contribution in [2.24, 2.45) is 0 Å². The molecule has 0 heterocycles. The smallest absolute Gasteiger partial charge is 0.170 e. The summed E-state index contributed by atoms with van der Waals surface area (Å²) in [4.78, 5) is 24.9. The average Bonchev–Trinajstić information content (AvgIpc) is 2.85. The number of benzene rings is 4. The Balaban J connectivity index is 1.50. The maximum atomic E-state index is 14.8. The molecule has 0 unspecified atom stereocenters. The van der Waals surface area contributed by atoms with Crippen molar-refractivity contribution in [1.82, 2.24) is 0 Å². The van der Waals surface area contributed by atoms with E-state index >= 15 is 0 Å². The number of ketones is 2. The van der Waals surface area contributed by atoms with E-state index in [2.05, 4.69) is 0 Å². The zero-order chi connectivity index (χ0) is 24.9. The lowest BCUT2D eigenvalue weighted by Crippen LogP contribution is -2.12. The third-order valence-corrected chi connectivity index (χ3v) is 5.79. The van der Waals surface area contributed by atoms with E-state index in [1.54, 1.807) is 44.6 Å². The fraction of sp³-hybridized carbons (Fsp3) is 0.172. The van der Waals surface area contributed by atoms with Gasteiger partial charge in [0.25, 0.3) is 0 Å². The molecule has 0 atom stereocenters. The first kappa shape index (κ1) is 24.0. The maximum absolute atomic E-state index is 14.8. The zero-order valence-corrected chi connectivity index (χ0v) is 19.8. The molecule has 0 saturated heterocycles. The molecule has 0 aliphatic heterocycles. The molecule has 0 radical (unpaired) electrons. The van der Waals surface area contributed by atoms with Crippen LogP contribution in [-0.2, 0) is 11.2 Å². The average molecular weight is 473 g/mol. The molecule has 4 aromatic rings. The fourth-order valence-electron chi connectivity index (χ4n) is 3.96. The van der Waals surface area contributed by atoms with Crippen molar-refractivity contribution < 1.29 is 28.2 Å². The number of rotatable bonds is 9. The highest BCUT2D eigenvalue weighted by molar-refractivity contribution is 6.09. The van der Waals surface area contributed by atoms with Crippen LogP contribution >= 0.6 is 0 Å². The Hall–Kier alpha value is -4.19. The minimum absolute atomic E-state index is 0.172. The van der Waals surface area contributed by atoms with E-state index in [0.717, 1.165) is 16.3 Å². The second-order valence-electron chi connectivity index (χ2n) is 8.17. The van der Waals surface area contributed by atoms with Gasteiger partial charge in [-0.05, 0) is 47.7 Å². The van der Waals surface area contributed by atoms with Gasteiger partial charge in [-0.15, -0.1) is 0 Å². The summed E-state index contributed by atoms with van der Waals surface area (Å²) < 4.78 is 31.5. The Morgan fingerprint density at radius 2 is 1.57 bits per heavy atom. The first-order valence-corrected chi connectivity index (χ1v) is 11.1. The van der Waals surface area contributed by atoms with E-state index in [4.69, 9.17) is 14.2 Å². The molecule has 178 valence electrons. The lowest BCUT2D eigenvalue weighted by atomic mass is 9.98. The van der Waals surface area contributed by atoms with Gasteiger partial charge in [-0.1, -0.05) is 42.5 Å². The molecule has 35 heavy (non-hydrogen) atoms. The first-order chi connectivity index (χ1) is 16.9. The van der Waals surface area contributed by atoms with Crippen molar-refractivity contribution in [3.8, 4) is 23.0 Å². The monoisotopic (exact) mass is 472 g/mol. The Morgan fingerprint density at radius 1 is 0.829 bits per heavy atom. The van der Waals surface area contributed by atoms with E-state index in [-0.39, 0.29) is 35.7 Å². The van der Waals surface area contributed by atoms with Crippen LogP contribution in [0.2, 0.25) is 0 Å². The minimum atomic E-state index is -0.571. The van der Waals surface area contributed by atoms with Crippen molar-refractivity contribution in [2.75, 3.05) is 14.2 Å². The van der Waals surface area contributed by atoms with Gasteiger partial charge in [0.15, 0.2) is 17.3 Å². The predicted octanol–water partition coefficient (Wildman–Crippen LogP) is 6.48. The standard InChI is InChI=1S/C29H25FO5/c1-18-7-4-5-9-23(18)26(32)15-21(31)13-20-11-12-22(16-25(20)30)35-27-10-6-8-19-14-28(33-2)29(34-3)17-24(19)27/h4-12,14,16-17H,13,15H2,1-3H3. The van der Waals surface area contributed by atoms with Crippen molar-refractivity contribution >= 4 is 22.3 Å². The highest BCUT2D eigenvalue weighted by Crippen LogP contribution is 2.38. The number of aryl methyl sites for hydroxylation is 1. The summed E-state index contributed by atoms with van der Waals surface area (Å²) in [5, 5.41) is 1.65. The van der Waals surface area contributed by atoms with Crippen LogP contribution in [0.15, 0.2) is 72.8 Å². The zero-order valence-electron chi connectivity index (χ0n) is 19.8. The second-order valence-corrected chi connectivity index (χ2v) is 8.17. The summed E-state index contributed by atoms with van der Waals surface area (Å²) in [6.07, 6.45) is -0.446. The number of fused-ring (bicyclic) bond motifs is 1. The van der Waals surface area contributed by atoms with Gasteiger partial charge >= 0.3 is 0 Å². The second kappa shape index (κ2) is 10.4. The number of hydrogen-bond acceptors (Lipinski definition) is 5. The van der Waals surface area contributed by atoms with Crippen molar-refractivity contribution in [2.45, 2.75) is 19.8 Å². The minimum Gasteiger partial charge on any atom is -0.493 e. The largest absolute Gasteiger partial charge is 0.493 e. The Morgan fingerprint density at radius 3 is 2.29 bits per heavy atom. The first-order valence-electron chi connectivity index (χ1n) is 11.1. The van der Waals surface area contributed by atoms with Crippen LogP contribution < -0.4 is 14.2 Å². The summed E-state index contributed by atoms with van der Waals surface area (Å²) in [6.45, 7) is 1.82. The summed E-state index contributed by atoms with van der Waals surface area (Å²) in [7, 11) is 3.12. The van der Waals surface area contributed by atoms with Crippen LogP contribution in [0.5, 0.6) is 23.0 Å². The molecule has 0 aliphatic rings. The lowest BCUT2D eigenvalue weighted by molar-refractivity contribution is -0.117. The molecule has 0 spiro atoms. The Kier molecular flexibility index (Phi) is 7.11. The summed E-state index contributed by atoms with van der Waals surface area (Å²) in [5.74, 6) is 0.776. The van der Waals surface area contributed by atoms with E-state index in [9.17, 15) is 14.0 Å². The number of carbonyl (C=O) groups is 2. The topological polar surface area (TPSA) is 61.8 Å². The molecule has 4 rings (SSSR count). The summed E-state index contributed by atoms with van der Waals surface area (Å²) >= 11 is 0. The van der Waals surface area contributed by atoms with Crippen molar-refractivity contribution in [3.63, 3.8) is 0 Å². The molecule has 0 bridgehead atoms. The summed E-state index contributed by atoms with van der Waals surface area (Å²) in [5.41, 5.74) is 1.53. The SMILES string of the molecule is COc1cc2cccc(Oc3ccc(CC(=O)CC(=O)c4ccccc4C)c(F)c3)c2cc1OC. The highest BCUT2D eigenvalue weighted by atomic mass is 19.1. The predicted molar refractivity (Wildman–Crippen MR) is 132 cm³/mol. The fourth-order valence-corrected chi connectivity index (χ4v) is 3.96. The van der Waals surface area contributed by atoms with Crippen molar-refractivity contribution in [1.29, 1.82) is 0 Å². The molecule has 0 saturated carbocycles. The molecular formula is C29H25FO5. The molecule has 0 fully saturated rings. The van der Waals surface area contributed by atoms with E-state index < -0.39 is 5.82 Å². The van der Waals surface area contributed by atoms with Gasteiger partial charge in [-0.3, -0.25) is 9.59 Å². The normalized spacial score (nSPS) is 10.7. The van der Waals surface area contributed by atoms with Crippen LogP contribution in [0, 0.1) is 12.7 Å². The van der Waals surface area contributed by atoms with Crippen LogP contribution in [0.4, 0.5) is 4.39 Å². The van der Waals surface area contributed by atoms with Gasteiger partial charge in [-0.25, -0.2) is 4.39 Å². The van der Waals surface area contributed by atoms with Gasteiger partial charge < -0.3 is 14.2 Å². The van der Waals surface area contributed by atoms with E-state index in [1.165, 1.54) is 12.1 Å². The third-order valence-electron chi connectivity index (χ3n) is 5.79. The quantitative estimate of drug-likeness (QED) is 0.206. The number of ether oxygens (including phenoxy) is 3. The Labute approximate surface area is 203 Å². The van der Waals surface area contributed by atoms with Gasteiger partial charge in [0.1, 0.15) is 23.1 Å². The van der Waals surface area contributed by atoms with Crippen LogP contribution in [0.25, 0.3) is 10.8 Å². The number of Topliss-reactive ketones (excluding diaryl/α,β-unsaturated/α-hetero) is 2. The molecule has 0 aliphatic carbocycles. The van der Waals surface area contributed by atoms with E-state index in [0.29, 0.717) is 22.8 Å². The molecular weight excluding hydrogens is 447 g/mol. The van der Waals surface area contributed by atoms with Gasteiger partial charge in [0.2, 0.25) is 0 Å². The number of methoxy groups -OCH3 is 2. The maximum Gasteiger partial charge on any atom is 0.170 e. The molecule has 0 amide bonds. The molecule has 6 heteroatoms. The van der Waals surface area contributed by atoms with Crippen LogP contribution in [0.1, 0.15) is 27.9 Å². The van der Waals surface area contributed by atoms with Gasteiger partial charge in [-0.2, -0.15) is 0 Å². The molecule has 5 nitrogen and oxygen atoms in total. The highest BCUT2D eigenvalue weighted by Gasteiger charge is 2.17. The molecule has 0 aromatic heterocycles. The van der Waals surface area contributed by atoms with E-state index in [1.807, 2.05) is 37.3 Å². The van der Waals surface area contributed by atoms with Crippen LogP contribution in [0.3, 0.4) is 0 Å².